The van der Waals surface area contributed by atoms with E-state index in [0.717, 1.165) is 49.3 Å². The monoisotopic (exact) mass is 647 g/mol. The zero-order valence-electron chi connectivity index (χ0n) is 22.9. The summed E-state index contributed by atoms with van der Waals surface area (Å²) in [5, 5.41) is 4.85. The maximum absolute atomic E-state index is 14.4. The molecule has 4 fully saturated rings. The molecule has 2 N–H and O–H groups in total. The largest absolute Gasteiger partial charge is 0.408 e. The Kier molecular flexibility index (Phi) is 7.88. The summed E-state index contributed by atoms with van der Waals surface area (Å²) in [6.45, 7) is 0. The first-order valence-corrected chi connectivity index (χ1v) is 16.9. The summed E-state index contributed by atoms with van der Waals surface area (Å²) < 4.78 is 93.2. The van der Waals surface area contributed by atoms with E-state index in [2.05, 4.69) is 20.6 Å². The van der Waals surface area contributed by atoms with Gasteiger partial charge in [0.25, 0.3) is 18.2 Å². The van der Waals surface area contributed by atoms with Crippen molar-refractivity contribution in [3.05, 3.63) is 28.5 Å². The van der Waals surface area contributed by atoms with Gasteiger partial charge in [0.2, 0.25) is 0 Å². The summed E-state index contributed by atoms with van der Waals surface area (Å²) in [7, 11) is -3.17. The van der Waals surface area contributed by atoms with Crippen LogP contribution in [-0.2, 0) is 9.84 Å². The number of carbonyl (C=O) groups excluding carboxylic acids is 2. The van der Waals surface area contributed by atoms with Crippen molar-refractivity contribution in [1.29, 1.82) is 0 Å². The van der Waals surface area contributed by atoms with Crippen LogP contribution < -0.4 is 10.6 Å². The first-order valence-electron chi connectivity index (χ1n) is 14.3. The standard InChI is InChI=1S/C27H30F5N5O4S2/c28-23(29)17-11-19(35-22(13-1-2-13)27(30,31)32)33-12-18(17)21-20(26(39)37-15-3-4-16(37)6-5-15)36-25(42-21)24(38)34-14-7-9-43(40,41)10-8-14/h11-16,22-23H,1-10H2,(H,33,35)(H,34,38)/t15?,16?,22-/m0/s1. The highest BCUT2D eigenvalue weighted by molar-refractivity contribution is 7.91. The van der Waals surface area contributed by atoms with E-state index in [-0.39, 0.29) is 63.4 Å². The third-order valence-corrected chi connectivity index (χ3v) is 11.6. The molecule has 4 aliphatic rings. The van der Waals surface area contributed by atoms with Crippen LogP contribution in [0.15, 0.2) is 12.3 Å². The molecule has 2 bridgehead atoms. The maximum atomic E-state index is 14.4. The topological polar surface area (TPSA) is 121 Å². The molecule has 16 heteroatoms. The number of thiazole rings is 1. The number of hydrogen-bond acceptors (Lipinski definition) is 8. The lowest BCUT2D eigenvalue weighted by Gasteiger charge is -2.23. The fourth-order valence-electron chi connectivity index (χ4n) is 6.37. The third kappa shape index (κ3) is 6.22. The van der Waals surface area contributed by atoms with Gasteiger partial charge in [0.15, 0.2) is 5.01 Å². The van der Waals surface area contributed by atoms with Gasteiger partial charge in [0, 0.05) is 35.4 Å². The van der Waals surface area contributed by atoms with Gasteiger partial charge >= 0.3 is 6.18 Å². The fourth-order valence-corrected chi connectivity index (χ4v) is 8.85. The van der Waals surface area contributed by atoms with Crippen LogP contribution in [0, 0.1) is 5.92 Å². The Hall–Kier alpha value is -2.88. The summed E-state index contributed by atoms with van der Waals surface area (Å²) in [4.78, 5) is 37.0. The Labute approximate surface area is 248 Å². The predicted molar refractivity (Wildman–Crippen MR) is 148 cm³/mol. The zero-order valence-corrected chi connectivity index (χ0v) is 24.5. The van der Waals surface area contributed by atoms with Gasteiger partial charge in [0.05, 0.1) is 16.4 Å². The number of anilines is 1. The minimum Gasteiger partial charge on any atom is -0.358 e. The SMILES string of the molecule is O=C(NC1CCS(=O)(=O)CC1)c1nc(C(=O)N2C3CCC2CC3)c(-c2cnc(N[C@@H](C3CC3)C(F)(F)F)cc2C(F)F)s1. The van der Waals surface area contributed by atoms with Gasteiger partial charge in [-0.05, 0) is 63.4 Å². The molecule has 2 amide bonds. The van der Waals surface area contributed by atoms with Crippen LogP contribution in [0.3, 0.4) is 0 Å². The minimum absolute atomic E-state index is 0.0170. The molecular formula is C27H30F5N5O4S2. The average molecular weight is 648 g/mol. The molecule has 0 aromatic carbocycles. The van der Waals surface area contributed by atoms with Crippen molar-refractivity contribution in [3.8, 4) is 10.4 Å². The van der Waals surface area contributed by atoms with E-state index in [1.807, 2.05) is 0 Å². The summed E-state index contributed by atoms with van der Waals surface area (Å²) >= 11 is 0.727. The highest BCUT2D eigenvalue weighted by Gasteiger charge is 2.49. The number of pyridine rings is 1. The number of halogens is 5. The van der Waals surface area contributed by atoms with Crippen LogP contribution in [0.5, 0.6) is 0 Å². The van der Waals surface area contributed by atoms with E-state index in [1.54, 1.807) is 4.90 Å². The van der Waals surface area contributed by atoms with Crippen molar-refractivity contribution in [3.63, 3.8) is 0 Å². The molecule has 234 valence electrons. The van der Waals surface area contributed by atoms with Crippen LogP contribution in [0.1, 0.15) is 83.6 Å². The lowest BCUT2D eigenvalue weighted by molar-refractivity contribution is -0.146. The van der Waals surface area contributed by atoms with Crippen molar-refractivity contribution in [2.75, 3.05) is 16.8 Å². The van der Waals surface area contributed by atoms with Crippen LogP contribution in [0.25, 0.3) is 10.4 Å². The summed E-state index contributed by atoms with van der Waals surface area (Å²) in [5.41, 5.74) is -1.01. The second-order valence-electron chi connectivity index (χ2n) is 11.7. The number of amides is 2. The van der Waals surface area contributed by atoms with Gasteiger partial charge in [-0.3, -0.25) is 9.59 Å². The van der Waals surface area contributed by atoms with E-state index < -0.39 is 57.8 Å². The lowest BCUT2D eigenvalue weighted by atomic mass is 10.0. The van der Waals surface area contributed by atoms with Crippen LogP contribution in [0.4, 0.5) is 27.8 Å². The Morgan fingerprint density at radius 1 is 1.00 bits per heavy atom. The van der Waals surface area contributed by atoms with Gasteiger partial charge < -0.3 is 15.5 Å². The minimum atomic E-state index is -4.59. The molecule has 0 unspecified atom stereocenters. The number of alkyl halides is 5. The number of nitrogens with one attached hydrogen (secondary N) is 2. The number of sulfone groups is 1. The van der Waals surface area contributed by atoms with Gasteiger partial charge in [-0.15, -0.1) is 11.3 Å². The molecule has 5 heterocycles. The van der Waals surface area contributed by atoms with E-state index >= 15 is 0 Å². The number of hydrogen-bond donors (Lipinski definition) is 2. The molecular weight excluding hydrogens is 617 g/mol. The molecule has 2 aromatic heterocycles. The number of fused-ring (bicyclic) bond motifs is 2. The van der Waals surface area contributed by atoms with E-state index in [0.29, 0.717) is 12.8 Å². The first kappa shape index (κ1) is 30.2. The maximum Gasteiger partial charge on any atom is 0.408 e. The second-order valence-corrected chi connectivity index (χ2v) is 15.0. The molecule has 1 atom stereocenters. The Bertz CT molecular complexity index is 1490. The molecule has 3 aliphatic heterocycles. The fraction of sp³-hybridized carbons (Fsp3) is 0.630. The number of nitrogens with zero attached hydrogens (tertiary/aromatic N) is 3. The molecule has 3 saturated heterocycles. The summed E-state index contributed by atoms with van der Waals surface area (Å²) in [6.07, 6.45) is -2.35. The molecule has 2 aromatic rings. The van der Waals surface area contributed by atoms with Crippen molar-refractivity contribution in [2.45, 2.75) is 88.1 Å². The lowest BCUT2D eigenvalue weighted by Crippen LogP contribution is -2.41. The average Bonchev–Trinajstić information content (AvgIpc) is 3.37. The highest BCUT2D eigenvalue weighted by atomic mass is 32.2. The van der Waals surface area contributed by atoms with Crippen LogP contribution in [0.2, 0.25) is 0 Å². The Morgan fingerprint density at radius 3 is 2.19 bits per heavy atom. The van der Waals surface area contributed by atoms with Gasteiger partial charge in [-0.1, -0.05) is 0 Å². The van der Waals surface area contributed by atoms with Crippen molar-refractivity contribution in [1.82, 2.24) is 20.2 Å². The predicted octanol–water partition coefficient (Wildman–Crippen LogP) is 4.97. The highest BCUT2D eigenvalue weighted by Crippen LogP contribution is 2.44. The van der Waals surface area contributed by atoms with Gasteiger partial charge in [-0.25, -0.2) is 27.2 Å². The smallest absolute Gasteiger partial charge is 0.358 e. The number of aromatic nitrogens is 2. The van der Waals surface area contributed by atoms with E-state index in [4.69, 9.17) is 0 Å². The van der Waals surface area contributed by atoms with Crippen molar-refractivity contribution >= 4 is 38.8 Å². The summed E-state index contributed by atoms with van der Waals surface area (Å²) in [5.74, 6) is -2.35. The Morgan fingerprint density at radius 2 is 1.63 bits per heavy atom. The zero-order chi connectivity index (χ0) is 30.7. The van der Waals surface area contributed by atoms with Crippen LogP contribution in [-0.4, -0.2) is 76.9 Å². The molecule has 0 radical (unpaired) electrons. The normalized spacial score (nSPS) is 24.4. The van der Waals surface area contributed by atoms with Gasteiger partial charge in [0.1, 0.15) is 27.4 Å². The van der Waals surface area contributed by atoms with Crippen molar-refractivity contribution < 1.29 is 40.0 Å². The van der Waals surface area contributed by atoms with E-state index in [1.165, 1.54) is 0 Å². The number of rotatable bonds is 8. The first-order chi connectivity index (χ1) is 20.3. The Balaban J connectivity index is 1.34. The molecule has 9 nitrogen and oxygen atoms in total. The molecule has 1 aliphatic carbocycles. The molecule has 0 spiro atoms. The quantitative estimate of drug-likeness (QED) is 0.388. The second kappa shape index (κ2) is 11.2. The molecule has 43 heavy (non-hydrogen) atoms. The number of carbonyl (C=O) groups is 2. The van der Waals surface area contributed by atoms with E-state index in [9.17, 15) is 40.0 Å². The molecule has 1 saturated carbocycles. The summed E-state index contributed by atoms with van der Waals surface area (Å²) in [6, 6.07) is -1.54. The van der Waals surface area contributed by atoms with Crippen LogP contribution >= 0.6 is 11.3 Å². The van der Waals surface area contributed by atoms with Crippen molar-refractivity contribution in [2.24, 2.45) is 5.92 Å². The third-order valence-electron chi connectivity index (χ3n) is 8.77. The van der Waals surface area contributed by atoms with Gasteiger partial charge in [-0.2, -0.15) is 13.2 Å². The molecule has 6 rings (SSSR count).